The van der Waals surface area contributed by atoms with Crippen LogP contribution in [0.4, 0.5) is 11.6 Å². The van der Waals surface area contributed by atoms with Gasteiger partial charge in [-0.1, -0.05) is 24.3 Å². The van der Waals surface area contributed by atoms with E-state index in [0.29, 0.717) is 23.4 Å². The topological polar surface area (TPSA) is 62.5 Å². The molecule has 6 nitrogen and oxygen atoms in total. The Bertz CT molecular complexity index is 1080. The molecule has 0 spiro atoms. The number of nitrogens with one attached hydrogen (secondary N) is 1. The van der Waals surface area contributed by atoms with E-state index in [-0.39, 0.29) is 5.56 Å². The second-order valence-electron chi connectivity index (χ2n) is 7.41. The lowest BCUT2D eigenvalue weighted by molar-refractivity contribution is 0.578. The number of nitrogens with zero attached hydrogens (tertiary/aromatic N) is 4. The first-order valence-electron chi connectivity index (χ1n) is 10.3. The van der Waals surface area contributed by atoms with E-state index >= 15 is 0 Å². The minimum absolute atomic E-state index is 0.0562. The third-order valence-electron chi connectivity index (χ3n) is 5.51. The van der Waals surface area contributed by atoms with Crippen molar-refractivity contribution in [2.75, 3.05) is 23.4 Å². The number of rotatable bonds is 5. The summed E-state index contributed by atoms with van der Waals surface area (Å²) < 4.78 is 1.61. The van der Waals surface area contributed by atoms with E-state index in [2.05, 4.69) is 44.7 Å². The third-order valence-corrected chi connectivity index (χ3v) is 5.51. The van der Waals surface area contributed by atoms with Crippen molar-refractivity contribution in [3.8, 4) is 0 Å². The lowest BCUT2D eigenvalue weighted by Crippen LogP contribution is -2.29. The molecule has 1 fully saturated rings. The third kappa shape index (κ3) is 4.01. The minimum Gasteiger partial charge on any atom is -0.372 e. The molecule has 3 aromatic rings. The van der Waals surface area contributed by atoms with Gasteiger partial charge >= 0.3 is 0 Å². The second-order valence-corrected chi connectivity index (χ2v) is 7.41. The number of hydrazone groups is 1. The van der Waals surface area contributed by atoms with E-state index < -0.39 is 0 Å². The Morgan fingerprint density at radius 2 is 1.79 bits per heavy atom. The molecule has 2 heterocycles. The zero-order valence-electron chi connectivity index (χ0n) is 17.1. The van der Waals surface area contributed by atoms with Crippen LogP contribution in [0.3, 0.4) is 0 Å². The van der Waals surface area contributed by atoms with Crippen molar-refractivity contribution in [2.24, 2.45) is 5.10 Å². The van der Waals surface area contributed by atoms with Crippen LogP contribution in [0.1, 0.15) is 38.7 Å². The van der Waals surface area contributed by atoms with Gasteiger partial charge in [-0.05, 0) is 62.9 Å². The molecule has 4 rings (SSSR count). The van der Waals surface area contributed by atoms with Gasteiger partial charge in [0, 0.05) is 25.3 Å². The summed E-state index contributed by atoms with van der Waals surface area (Å²) in [5.41, 5.74) is 6.78. The highest BCUT2D eigenvalue weighted by Crippen LogP contribution is 2.20. The van der Waals surface area contributed by atoms with E-state index in [9.17, 15) is 4.79 Å². The van der Waals surface area contributed by atoms with Crippen molar-refractivity contribution in [3.05, 3.63) is 64.4 Å². The fourth-order valence-electron chi connectivity index (χ4n) is 3.81. The molecule has 0 saturated carbocycles. The summed E-state index contributed by atoms with van der Waals surface area (Å²) in [6.45, 7) is 6.68. The van der Waals surface area contributed by atoms with Crippen LogP contribution < -0.4 is 15.9 Å². The van der Waals surface area contributed by atoms with Crippen LogP contribution in [0, 0.1) is 0 Å². The van der Waals surface area contributed by atoms with Gasteiger partial charge in [-0.15, -0.1) is 0 Å². The van der Waals surface area contributed by atoms with E-state index in [1.54, 1.807) is 10.6 Å². The van der Waals surface area contributed by atoms with E-state index in [1.165, 1.54) is 24.9 Å². The molecule has 1 aliphatic rings. The average Bonchev–Trinajstić information content (AvgIpc) is 2.78. The number of anilines is 2. The van der Waals surface area contributed by atoms with Crippen molar-refractivity contribution in [2.45, 2.75) is 39.7 Å². The van der Waals surface area contributed by atoms with Gasteiger partial charge in [-0.2, -0.15) is 5.10 Å². The Balaban J connectivity index is 1.56. The Morgan fingerprint density at radius 1 is 1.07 bits per heavy atom. The molecule has 0 atom stereocenters. The normalized spacial score (nSPS) is 15.0. The molecule has 0 unspecified atom stereocenters. The highest BCUT2D eigenvalue weighted by Gasteiger charge is 2.11. The number of fused-ring (bicyclic) bond motifs is 1. The smallest absolute Gasteiger partial charge is 0.262 e. The zero-order chi connectivity index (χ0) is 20.2. The van der Waals surface area contributed by atoms with Gasteiger partial charge in [-0.25, -0.2) is 10.4 Å². The summed E-state index contributed by atoms with van der Waals surface area (Å²) in [5.74, 6) is 0.459. The zero-order valence-corrected chi connectivity index (χ0v) is 17.1. The van der Waals surface area contributed by atoms with Crippen molar-refractivity contribution >= 4 is 28.3 Å². The maximum atomic E-state index is 12.7. The van der Waals surface area contributed by atoms with Crippen molar-refractivity contribution in [1.29, 1.82) is 0 Å². The Morgan fingerprint density at radius 3 is 2.52 bits per heavy atom. The minimum atomic E-state index is -0.0562. The number of hydrogen-bond acceptors (Lipinski definition) is 5. The SMILES string of the molecule is CCn1c(N/N=C(/C)c2ccc(N3CCCCC3)cc2)nc2ccccc2c1=O. The van der Waals surface area contributed by atoms with Crippen molar-refractivity contribution in [3.63, 3.8) is 0 Å². The van der Waals surface area contributed by atoms with Gasteiger partial charge in [0.05, 0.1) is 16.6 Å². The van der Waals surface area contributed by atoms with E-state index in [4.69, 9.17) is 0 Å². The summed E-state index contributed by atoms with van der Waals surface area (Å²) in [5, 5.41) is 5.11. The number of hydrogen-bond donors (Lipinski definition) is 1. The molecule has 6 heteroatoms. The van der Waals surface area contributed by atoms with Gasteiger partial charge in [0.2, 0.25) is 5.95 Å². The first-order valence-corrected chi connectivity index (χ1v) is 10.3. The number of piperidine rings is 1. The van der Waals surface area contributed by atoms with Gasteiger partial charge in [-0.3, -0.25) is 9.36 Å². The fourth-order valence-corrected chi connectivity index (χ4v) is 3.81. The van der Waals surface area contributed by atoms with Crippen LogP contribution >= 0.6 is 0 Å². The molecule has 1 aromatic heterocycles. The van der Waals surface area contributed by atoms with E-state index in [0.717, 1.165) is 24.4 Å². The highest BCUT2D eigenvalue weighted by molar-refractivity contribution is 5.99. The summed E-state index contributed by atoms with van der Waals surface area (Å²) in [4.78, 5) is 19.7. The number of benzene rings is 2. The standard InChI is InChI=1S/C23H27N5O/c1-3-28-22(29)20-9-5-6-10-21(20)24-23(28)26-25-17(2)18-11-13-19(14-12-18)27-15-7-4-8-16-27/h5-6,9-14H,3-4,7-8,15-16H2,1-2H3,(H,24,26)/b25-17-. The average molecular weight is 390 g/mol. The Labute approximate surface area is 170 Å². The van der Waals surface area contributed by atoms with Gasteiger partial charge in [0.25, 0.3) is 5.56 Å². The maximum absolute atomic E-state index is 12.7. The van der Waals surface area contributed by atoms with Gasteiger partial charge in [0.1, 0.15) is 0 Å². The molecule has 1 N–H and O–H groups in total. The molecule has 29 heavy (non-hydrogen) atoms. The lowest BCUT2D eigenvalue weighted by atomic mass is 10.1. The summed E-state index contributed by atoms with van der Waals surface area (Å²) in [7, 11) is 0. The molecule has 150 valence electrons. The Hall–Kier alpha value is -3.15. The highest BCUT2D eigenvalue weighted by atomic mass is 16.1. The fraction of sp³-hybridized carbons (Fsp3) is 0.348. The van der Waals surface area contributed by atoms with Gasteiger partial charge < -0.3 is 4.90 Å². The molecule has 0 bridgehead atoms. The monoisotopic (exact) mass is 389 g/mol. The predicted octanol–water partition coefficient (Wildman–Crippen LogP) is 4.24. The van der Waals surface area contributed by atoms with Crippen LogP contribution in [-0.2, 0) is 6.54 Å². The summed E-state index contributed by atoms with van der Waals surface area (Å²) >= 11 is 0. The first kappa shape index (κ1) is 19.2. The summed E-state index contributed by atoms with van der Waals surface area (Å²) in [6.07, 6.45) is 3.87. The lowest BCUT2D eigenvalue weighted by Gasteiger charge is -2.28. The molecule has 0 radical (unpaired) electrons. The molecular formula is C23H27N5O. The van der Waals surface area contributed by atoms with Gasteiger partial charge in [0.15, 0.2) is 0 Å². The molecule has 1 aliphatic heterocycles. The van der Waals surface area contributed by atoms with Crippen LogP contribution in [-0.4, -0.2) is 28.4 Å². The molecule has 1 saturated heterocycles. The number of aromatic nitrogens is 2. The quantitative estimate of drug-likeness (QED) is 0.524. The summed E-state index contributed by atoms with van der Waals surface area (Å²) in [6, 6.07) is 15.9. The molecular weight excluding hydrogens is 362 g/mol. The van der Waals surface area contributed by atoms with Crippen molar-refractivity contribution < 1.29 is 0 Å². The molecule has 0 amide bonds. The molecule has 2 aromatic carbocycles. The van der Waals surface area contributed by atoms with Crippen LogP contribution in [0.2, 0.25) is 0 Å². The van der Waals surface area contributed by atoms with Crippen LogP contribution in [0.25, 0.3) is 10.9 Å². The number of para-hydroxylation sites is 1. The Kier molecular flexibility index (Phi) is 5.60. The van der Waals surface area contributed by atoms with Crippen LogP contribution in [0.5, 0.6) is 0 Å². The first-order chi connectivity index (χ1) is 14.2. The molecule has 0 aliphatic carbocycles. The van der Waals surface area contributed by atoms with Crippen molar-refractivity contribution in [1.82, 2.24) is 9.55 Å². The predicted molar refractivity (Wildman–Crippen MR) is 120 cm³/mol. The van der Waals surface area contributed by atoms with E-state index in [1.807, 2.05) is 32.0 Å². The second kappa shape index (κ2) is 8.47. The maximum Gasteiger partial charge on any atom is 0.262 e. The van der Waals surface area contributed by atoms with Crippen LogP contribution in [0.15, 0.2) is 58.4 Å². The largest absolute Gasteiger partial charge is 0.372 e.